The Morgan fingerprint density at radius 1 is 1.35 bits per heavy atom. The number of benzene rings is 1. The Morgan fingerprint density at radius 2 is 2.06 bits per heavy atom. The average molecular weight is 254 g/mol. The van der Waals surface area contributed by atoms with Gasteiger partial charge in [-0.25, -0.2) is 0 Å². The monoisotopic (exact) mass is 253 g/mol. The number of methoxy groups -OCH3 is 1. The van der Waals surface area contributed by atoms with Crippen LogP contribution < -0.4 is 15.0 Å². The summed E-state index contributed by atoms with van der Waals surface area (Å²) in [7, 11) is 1.66. The van der Waals surface area contributed by atoms with Crippen molar-refractivity contribution >= 4 is 18.1 Å². The van der Waals surface area contributed by atoms with E-state index in [1.165, 1.54) is 0 Å². The fourth-order valence-electron chi connectivity index (χ4n) is 1.91. The Bertz CT molecular complexity index is 411. The van der Waals surface area contributed by atoms with E-state index in [4.69, 9.17) is 10.00 Å². The Morgan fingerprint density at radius 3 is 2.65 bits per heavy atom. The molecule has 1 aliphatic rings. The van der Waals surface area contributed by atoms with Gasteiger partial charge in [0.2, 0.25) is 0 Å². The van der Waals surface area contributed by atoms with Crippen LogP contribution in [0.1, 0.15) is 5.56 Å². The molecule has 0 saturated carbocycles. The molecule has 0 spiro atoms. The van der Waals surface area contributed by atoms with Gasteiger partial charge in [0.1, 0.15) is 5.75 Å². The van der Waals surface area contributed by atoms with Crippen LogP contribution in [0.25, 0.3) is 0 Å². The van der Waals surface area contributed by atoms with E-state index >= 15 is 0 Å². The standard InChI is InChI=1S/C12H15N3O.ClH/c1-16-12-3-2-10(9-13)8-11(12)15-6-4-14-5-7-15;/h2-3,8,14H,4-7H2,1H3;1H. The van der Waals surface area contributed by atoms with Crippen molar-refractivity contribution in [3.05, 3.63) is 23.8 Å². The Labute approximate surface area is 108 Å². The molecule has 1 N–H and O–H groups in total. The molecule has 92 valence electrons. The molecule has 0 bridgehead atoms. The number of nitriles is 1. The van der Waals surface area contributed by atoms with E-state index in [-0.39, 0.29) is 12.4 Å². The number of ether oxygens (including phenoxy) is 1. The zero-order valence-electron chi connectivity index (χ0n) is 9.77. The molecule has 1 heterocycles. The van der Waals surface area contributed by atoms with Gasteiger partial charge in [-0.2, -0.15) is 5.26 Å². The summed E-state index contributed by atoms with van der Waals surface area (Å²) in [6, 6.07) is 7.69. The van der Waals surface area contributed by atoms with Crippen LogP contribution in [0.4, 0.5) is 5.69 Å². The van der Waals surface area contributed by atoms with Crippen molar-refractivity contribution in [3.63, 3.8) is 0 Å². The predicted molar refractivity (Wildman–Crippen MR) is 70.0 cm³/mol. The lowest BCUT2D eigenvalue weighted by atomic mass is 10.1. The number of anilines is 1. The van der Waals surface area contributed by atoms with Gasteiger partial charge >= 0.3 is 0 Å². The summed E-state index contributed by atoms with van der Waals surface area (Å²) in [6.07, 6.45) is 0. The smallest absolute Gasteiger partial charge is 0.142 e. The van der Waals surface area contributed by atoms with Gasteiger partial charge in [0.15, 0.2) is 0 Å². The van der Waals surface area contributed by atoms with Gasteiger partial charge in [-0.05, 0) is 18.2 Å². The molecule has 0 radical (unpaired) electrons. The second kappa shape index (κ2) is 6.33. The summed E-state index contributed by atoms with van der Waals surface area (Å²) >= 11 is 0. The molecule has 2 rings (SSSR count). The van der Waals surface area contributed by atoms with Gasteiger partial charge in [-0.15, -0.1) is 12.4 Å². The quantitative estimate of drug-likeness (QED) is 0.866. The van der Waals surface area contributed by atoms with Crippen LogP contribution in [0.15, 0.2) is 18.2 Å². The van der Waals surface area contributed by atoms with Crippen LogP contribution in [-0.4, -0.2) is 33.3 Å². The van der Waals surface area contributed by atoms with Crippen LogP contribution in [0.2, 0.25) is 0 Å². The number of hydrogen-bond acceptors (Lipinski definition) is 4. The minimum Gasteiger partial charge on any atom is -0.495 e. The maximum Gasteiger partial charge on any atom is 0.142 e. The number of piperazine rings is 1. The zero-order chi connectivity index (χ0) is 11.4. The van der Waals surface area contributed by atoms with Crippen molar-refractivity contribution in [1.29, 1.82) is 5.26 Å². The SMILES string of the molecule is COc1ccc(C#N)cc1N1CCNCC1.Cl. The number of hydrogen-bond donors (Lipinski definition) is 1. The summed E-state index contributed by atoms with van der Waals surface area (Å²) in [5, 5.41) is 12.2. The van der Waals surface area contributed by atoms with E-state index in [0.717, 1.165) is 37.6 Å². The second-order valence-electron chi connectivity index (χ2n) is 3.74. The first-order valence-corrected chi connectivity index (χ1v) is 5.39. The van der Waals surface area contributed by atoms with Gasteiger partial charge in [0.25, 0.3) is 0 Å². The molecule has 0 aliphatic carbocycles. The molecular formula is C12H16ClN3O. The van der Waals surface area contributed by atoms with Gasteiger partial charge in [0, 0.05) is 26.2 Å². The van der Waals surface area contributed by atoms with Crippen LogP contribution in [0.5, 0.6) is 5.75 Å². The van der Waals surface area contributed by atoms with Crippen LogP contribution >= 0.6 is 12.4 Å². The molecular weight excluding hydrogens is 238 g/mol. The van der Waals surface area contributed by atoms with Crippen molar-refractivity contribution in [3.8, 4) is 11.8 Å². The fraction of sp³-hybridized carbons (Fsp3) is 0.417. The molecule has 0 atom stereocenters. The summed E-state index contributed by atoms with van der Waals surface area (Å²) in [6.45, 7) is 3.84. The van der Waals surface area contributed by atoms with Crippen molar-refractivity contribution in [2.45, 2.75) is 0 Å². The third-order valence-corrected chi connectivity index (χ3v) is 2.77. The maximum absolute atomic E-state index is 8.90. The highest BCUT2D eigenvalue weighted by Crippen LogP contribution is 2.29. The second-order valence-corrected chi connectivity index (χ2v) is 3.74. The van der Waals surface area contributed by atoms with E-state index in [1.807, 2.05) is 12.1 Å². The van der Waals surface area contributed by atoms with E-state index in [0.29, 0.717) is 5.56 Å². The number of nitrogens with zero attached hydrogens (tertiary/aromatic N) is 2. The Balaban J connectivity index is 0.00000144. The van der Waals surface area contributed by atoms with Gasteiger partial charge in [0.05, 0.1) is 24.4 Å². The van der Waals surface area contributed by atoms with Gasteiger partial charge in [-0.1, -0.05) is 0 Å². The topological polar surface area (TPSA) is 48.3 Å². The molecule has 0 amide bonds. The largest absolute Gasteiger partial charge is 0.495 e. The lowest BCUT2D eigenvalue weighted by Gasteiger charge is -2.30. The molecule has 5 heteroatoms. The molecule has 1 saturated heterocycles. The molecule has 1 fully saturated rings. The minimum atomic E-state index is 0. The molecule has 1 aromatic carbocycles. The van der Waals surface area contributed by atoms with Crippen molar-refractivity contribution in [2.75, 3.05) is 38.2 Å². The third kappa shape index (κ3) is 3.02. The van der Waals surface area contributed by atoms with E-state index in [1.54, 1.807) is 13.2 Å². The van der Waals surface area contributed by atoms with E-state index in [2.05, 4.69) is 16.3 Å². The maximum atomic E-state index is 8.90. The Hall–Kier alpha value is -1.44. The van der Waals surface area contributed by atoms with Crippen LogP contribution in [-0.2, 0) is 0 Å². The number of halogens is 1. The summed E-state index contributed by atoms with van der Waals surface area (Å²) in [5.41, 5.74) is 1.69. The van der Waals surface area contributed by atoms with E-state index in [9.17, 15) is 0 Å². The van der Waals surface area contributed by atoms with Crippen molar-refractivity contribution in [2.24, 2.45) is 0 Å². The summed E-state index contributed by atoms with van der Waals surface area (Å²) in [5.74, 6) is 0.834. The molecule has 4 nitrogen and oxygen atoms in total. The molecule has 1 aliphatic heterocycles. The molecule has 0 aromatic heterocycles. The van der Waals surface area contributed by atoms with Crippen LogP contribution in [0, 0.1) is 11.3 Å². The van der Waals surface area contributed by atoms with Crippen molar-refractivity contribution < 1.29 is 4.74 Å². The third-order valence-electron chi connectivity index (χ3n) is 2.77. The first-order valence-electron chi connectivity index (χ1n) is 5.39. The Kier molecular flexibility index (Phi) is 5.08. The lowest BCUT2D eigenvalue weighted by molar-refractivity contribution is 0.413. The number of nitrogens with one attached hydrogen (secondary N) is 1. The highest BCUT2D eigenvalue weighted by Gasteiger charge is 2.15. The normalized spacial score (nSPS) is 14.7. The first-order chi connectivity index (χ1) is 7.85. The molecule has 1 aromatic rings. The predicted octanol–water partition coefficient (Wildman–Crippen LogP) is 1.40. The highest BCUT2D eigenvalue weighted by atomic mass is 35.5. The van der Waals surface area contributed by atoms with Crippen molar-refractivity contribution in [1.82, 2.24) is 5.32 Å². The summed E-state index contributed by atoms with van der Waals surface area (Å²) < 4.78 is 5.33. The summed E-state index contributed by atoms with van der Waals surface area (Å²) in [4.78, 5) is 2.25. The van der Waals surface area contributed by atoms with E-state index < -0.39 is 0 Å². The van der Waals surface area contributed by atoms with Gasteiger partial charge < -0.3 is 15.0 Å². The fourth-order valence-corrected chi connectivity index (χ4v) is 1.91. The average Bonchev–Trinajstić information content (AvgIpc) is 2.39. The first kappa shape index (κ1) is 13.6. The van der Waals surface area contributed by atoms with Gasteiger partial charge in [-0.3, -0.25) is 0 Å². The highest BCUT2D eigenvalue weighted by molar-refractivity contribution is 5.85. The zero-order valence-corrected chi connectivity index (χ0v) is 10.6. The molecule has 0 unspecified atom stereocenters. The molecule has 17 heavy (non-hydrogen) atoms. The minimum absolute atomic E-state index is 0. The number of rotatable bonds is 2. The lowest BCUT2D eigenvalue weighted by Crippen LogP contribution is -2.43. The van der Waals surface area contributed by atoms with Crippen LogP contribution in [0.3, 0.4) is 0 Å².